The zero-order chi connectivity index (χ0) is 54.9. The molecule has 0 fully saturated rings. The van der Waals surface area contributed by atoms with E-state index in [0.717, 1.165) is 38.5 Å². The van der Waals surface area contributed by atoms with Gasteiger partial charge in [-0.25, -0.2) is 0 Å². The minimum Gasteiger partial charge on any atom is -0.756 e. The number of aliphatic hydroxyl groups excluding tert-OH is 1. The normalized spacial score (nSPS) is 13.6. The van der Waals surface area contributed by atoms with Crippen molar-refractivity contribution in [3.8, 4) is 0 Å². The summed E-state index contributed by atoms with van der Waals surface area (Å²) in [4.78, 5) is 25.6. The number of phosphoric acid groups is 1. The molecule has 0 aliphatic carbocycles. The number of nitrogens with one attached hydrogen (secondary N) is 1. The molecule has 0 bridgehead atoms. The van der Waals surface area contributed by atoms with Crippen LogP contribution in [0.2, 0.25) is 0 Å². The number of likely N-dealkylation sites (N-methyl/N-ethyl adjacent to an activating group) is 1. The van der Waals surface area contributed by atoms with E-state index in [1.165, 1.54) is 302 Å². The summed E-state index contributed by atoms with van der Waals surface area (Å²) in [6.07, 6.45) is 71.7. The van der Waals surface area contributed by atoms with E-state index in [2.05, 4.69) is 19.2 Å². The third kappa shape index (κ3) is 61.0. The molecule has 0 aliphatic rings. The molecule has 0 radical (unpaired) electrons. The lowest BCUT2D eigenvalue weighted by Gasteiger charge is -2.30. The Morgan fingerprint density at radius 2 is 0.653 bits per heavy atom. The van der Waals surface area contributed by atoms with Crippen LogP contribution in [0.3, 0.4) is 0 Å². The molecule has 0 aromatic rings. The SMILES string of the molecule is CCCCCCCCCCCCCCCCCCCCCCCCCCCCCCCCCCC(=O)NC(COP(=O)([O-])OCC[N+](C)(C)C)C(O)CCCCCCCCCCCCCCCCCCCCCCC. The molecule has 75 heavy (non-hydrogen) atoms. The Balaban J connectivity index is 3.97. The number of aliphatic hydroxyl groups is 1. The molecule has 2 N–H and O–H groups in total. The minimum atomic E-state index is -4.57. The molecule has 0 aromatic carbocycles. The Bertz CT molecular complexity index is 1180. The molecule has 3 unspecified atom stereocenters. The number of quaternary nitrogens is 1. The highest BCUT2D eigenvalue weighted by Gasteiger charge is 2.24. The standard InChI is InChI=1S/C66H135N2O6P/c1-6-8-10-12-14-16-18-20-22-24-26-28-29-30-31-32-33-34-35-36-37-38-40-42-44-46-48-50-52-54-56-58-60-66(70)67-64(63-74-75(71,72)73-62-61-68(3,4)5)65(69)59-57-55-53-51-49-47-45-43-41-39-27-25-23-21-19-17-15-13-11-9-7-2/h64-65,69H,6-63H2,1-5H3,(H-,67,70,71,72). The number of amides is 1. The van der Waals surface area contributed by atoms with Crippen LogP contribution in [0.1, 0.15) is 367 Å². The van der Waals surface area contributed by atoms with E-state index in [4.69, 9.17) is 9.05 Å². The maximum atomic E-state index is 13.0. The van der Waals surface area contributed by atoms with Crippen molar-refractivity contribution in [3.05, 3.63) is 0 Å². The van der Waals surface area contributed by atoms with Gasteiger partial charge in [0.05, 0.1) is 39.9 Å². The van der Waals surface area contributed by atoms with Crippen molar-refractivity contribution in [2.75, 3.05) is 40.9 Å². The molecular formula is C66H135N2O6P. The first-order valence-corrected chi connectivity index (χ1v) is 35.3. The summed E-state index contributed by atoms with van der Waals surface area (Å²) in [6.45, 7) is 4.80. The summed E-state index contributed by atoms with van der Waals surface area (Å²) >= 11 is 0. The lowest BCUT2D eigenvalue weighted by atomic mass is 10.0. The molecule has 0 spiro atoms. The predicted molar refractivity (Wildman–Crippen MR) is 326 cm³/mol. The van der Waals surface area contributed by atoms with Gasteiger partial charge in [0, 0.05) is 6.42 Å². The van der Waals surface area contributed by atoms with Gasteiger partial charge < -0.3 is 28.8 Å². The first-order chi connectivity index (χ1) is 36.5. The van der Waals surface area contributed by atoms with Crippen molar-refractivity contribution >= 4 is 13.7 Å². The van der Waals surface area contributed by atoms with Crippen LogP contribution >= 0.6 is 7.82 Å². The van der Waals surface area contributed by atoms with Gasteiger partial charge in [0.2, 0.25) is 5.91 Å². The topological polar surface area (TPSA) is 108 Å². The van der Waals surface area contributed by atoms with Gasteiger partial charge >= 0.3 is 0 Å². The van der Waals surface area contributed by atoms with E-state index in [-0.39, 0.29) is 19.1 Å². The van der Waals surface area contributed by atoms with Crippen LogP contribution in [0.25, 0.3) is 0 Å². The lowest BCUT2D eigenvalue weighted by Crippen LogP contribution is -2.46. The molecule has 9 heteroatoms. The summed E-state index contributed by atoms with van der Waals surface area (Å²) in [6, 6.07) is -0.796. The van der Waals surface area contributed by atoms with Crippen LogP contribution in [0.4, 0.5) is 0 Å². The number of unbranched alkanes of at least 4 members (excludes halogenated alkanes) is 51. The Morgan fingerprint density at radius 3 is 0.907 bits per heavy atom. The van der Waals surface area contributed by atoms with Crippen molar-refractivity contribution in [2.45, 2.75) is 379 Å². The van der Waals surface area contributed by atoms with Crippen LogP contribution in [0, 0.1) is 0 Å². The fraction of sp³-hybridized carbons (Fsp3) is 0.985. The molecule has 1 amide bonds. The minimum absolute atomic E-state index is 0.0169. The van der Waals surface area contributed by atoms with Gasteiger partial charge in [-0.05, 0) is 12.8 Å². The van der Waals surface area contributed by atoms with E-state index in [1.807, 2.05) is 21.1 Å². The van der Waals surface area contributed by atoms with Gasteiger partial charge in [0.25, 0.3) is 7.82 Å². The summed E-state index contributed by atoms with van der Waals surface area (Å²) in [7, 11) is 1.33. The van der Waals surface area contributed by atoms with Crippen molar-refractivity contribution in [1.82, 2.24) is 5.32 Å². The van der Waals surface area contributed by atoms with Crippen molar-refractivity contribution in [1.29, 1.82) is 0 Å². The summed E-state index contributed by atoms with van der Waals surface area (Å²) in [5, 5.41) is 14.1. The Labute approximate surface area is 470 Å². The highest BCUT2D eigenvalue weighted by atomic mass is 31.2. The number of nitrogens with zero attached hydrogens (tertiary/aromatic N) is 1. The second-order valence-electron chi connectivity index (χ2n) is 24.9. The maximum absolute atomic E-state index is 13.0. The fourth-order valence-electron chi connectivity index (χ4n) is 10.8. The van der Waals surface area contributed by atoms with E-state index in [1.54, 1.807) is 0 Å². The fourth-order valence-corrected chi connectivity index (χ4v) is 11.5. The number of hydrogen-bond donors (Lipinski definition) is 2. The molecule has 450 valence electrons. The number of carbonyl (C=O) groups excluding carboxylic acids is 1. The van der Waals surface area contributed by atoms with E-state index in [9.17, 15) is 19.4 Å². The molecule has 0 aliphatic heterocycles. The third-order valence-electron chi connectivity index (χ3n) is 16.1. The van der Waals surface area contributed by atoms with Gasteiger partial charge in [0.1, 0.15) is 13.2 Å². The van der Waals surface area contributed by atoms with Crippen molar-refractivity contribution in [3.63, 3.8) is 0 Å². The molecule has 0 rings (SSSR count). The van der Waals surface area contributed by atoms with Gasteiger partial charge in [-0.15, -0.1) is 0 Å². The zero-order valence-corrected chi connectivity index (χ0v) is 52.4. The van der Waals surface area contributed by atoms with Crippen molar-refractivity contribution in [2.24, 2.45) is 0 Å². The Hall–Kier alpha value is -0.500. The van der Waals surface area contributed by atoms with Crippen molar-refractivity contribution < 1.29 is 32.9 Å². The molecule has 0 heterocycles. The van der Waals surface area contributed by atoms with Gasteiger partial charge in [0.15, 0.2) is 0 Å². The van der Waals surface area contributed by atoms with Gasteiger partial charge in [-0.3, -0.25) is 9.36 Å². The lowest BCUT2D eigenvalue weighted by molar-refractivity contribution is -0.870. The highest BCUT2D eigenvalue weighted by Crippen LogP contribution is 2.38. The van der Waals surface area contributed by atoms with Crippen LogP contribution < -0.4 is 10.2 Å². The first kappa shape index (κ1) is 74.5. The average Bonchev–Trinajstić information content (AvgIpc) is 3.37. The summed E-state index contributed by atoms with van der Waals surface area (Å²) in [5.41, 5.74) is 0. The Kier molecular flexibility index (Phi) is 57.8. The van der Waals surface area contributed by atoms with E-state index >= 15 is 0 Å². The average molecular weight is 1080 g/mol. The molecule has 0 aromatic heterocycles. The molecular weight excluding hydrogens is 948 g/mol. The smallest absolute Gasteiger partial charge is 0.268 e. The van der Waals surface area contributed by atoms with E-state index < -0.39 is 20.0 Å². The van der Waals surface area contributed by atoms with Crippen LogP contribution in [-0.4, -0.2) is 68.5 Å². The Morgan fingerprint density at radius 1 is 0.413 bits per heavy atom. The number of carbonyl (C=O) groups is 1. The number of hydrogen-bond acceptors (Lipinski definition) is 6. The second kappa shape index (κ2) is 58.2. The monoisotopic (exact) mass is 1080 g/mol. The quantitative estimate of drug-likeness (QED) is 0.0357. The summed E-state index contributed by atoms with van der Waals surface area (Å²) in [5.74, 6) is -0.154. The molecule has 0 saturated heterocycles. The molecule has 8 nitrogen and oxygen atoms in total. The second-order valence-corrected chi connectivity index (χ2v) is 26.3. The first-order valence-electron chi connectivity index (χ1n) is 33.9. The third-order valence-corrected chi connectivity index (χ3v) is 17.1. The largest absolute Gasteiger partial charge is 0.756 e. The van der Waals surface area contributed by atoms with Crippen LogP contribution in [0.15, 0.2) is 0 Å². The number of rotatable bonds is 64. The van der Waals surface area contributed by atoms with Gasteiger partial charge in [-0.1, -0.05) is 348 Å². The van der Waals surface area contributed by atoms with Crippen LogP contribution in [0.5, 0.6) is 0 Å². The van der Waals surface area contributed by atoms with Gasteiger partial charge in [-0.2, -0.15) is 0 Å². The van der Waals surface area contributed by atoms with Crippen LogP contribution in [-0.2, 0) is 18.4 Å². The molecule has 0 saturated carbocycles. The zero-order valence-electron chi connectivity index (χ0n) is 51.5. The highest BCUT2D eigenvalue weighted by molar-refractivity contribution is 7.45. The number of phosphoric ester groups is 1. The molecule has 3 atom stereocenters. The maximum Gasteiger partial charge on any atom is 0.268 e. The predicted octanol–water partition coefficient (Wildman–Crippen LogP) is 20.5. The van der Waals surface area contributed by atoms with E-state index in [0.29, 0.717) is 23.9 Å². The summed E-state index contributed by atoms with van der Waals surface area (Å²) < 4.78 is 23.5.